The van der Waals surface area contributed by atoms with Gasteiger partial charge in [0.05, 0.1) is 25.4 Å². The zero-order valence-electron chi connectivity index (χ0n) is 19.1. The summed E-state index contributed by atoms with van der Waals surface area (Å²) in [5.41, 5.74) is -0.578. The Morgan fingerprint density at radius 2 is 1.71 bits per heavy atom. The quantitative estimate of drug-likeness (QED) is 0.461. The average molecular weight is 418 g/mol. The fourth-order valence-corrected chi connectivity index (χ4v) is 4.09. The zero-order valence-corrected chi connectivity index (χ0v) is 20.1. The van der Waals surface area contributed by atoms with E-state index in [9.17, 15) is 9.59 Å². The Morgan fingerprint density at radius 3 is 2.21 bits per heavy atom. The topological polar surface area (TPSA) is 74.3 Å². The molecule has 8 heteroatoms. The smallest absolute Gasteiger partial charge is 0.410 e. The molecule has 0 radical (unpaired) electrons. The molecule has 1 aliphatic heterocycles. The van der Waals surface area contributed by atoms with Crippen LogP contribution in [0.1, 0.15) is 54.9 Å². The lowest BCUT2D eigenvalue weighted by molar-refractivity contribution is -0.148. The number of rotatable bonds is 7. The molecule has 7 nitrogen and oxygen atoms in total. The minimum absolute atomic E-state index is 0.0652. The van der Waals surface area contributed by atoms with Gasteiger partial charge in [0.1, 0.15) is 12.2 Å². The number of ether oxygens (including phenoxy) is 3. The molecule has 1 amide bonds. The van der Waals surface area contributed by atoms with Crippen LogP contribution in [0.2, 0.25) is 18.1 Å². The predicted octanol–water partition coefficient (Wildman–Crippen LogP) is 3.97. The van der Waals surface area contributed by atoms with Crippen molar-refractivity contribution in [1.29, 1.82) is 0 Å². The average Bonchev–Trinajstić information content (AvgIpc) is 2.86. The van der Waals surface area contributed by atoms with Gasteiger partial charge in [0, 0.05) is 6.54 Å². The van der Waals surface area contributed by atoms with E-state index in [4.69, 9.17) is 18.6 Å². The molecule has 0 aromatic heterocycles. The molecule has 0 aliphatic carbocycles. The van der Waals surface area contributed by atoms with Crippen molar-refractivity contribution in [3.05, 3.63) is 0 Å². The van der Waals surface area contributed by atoms with Gasteiger partial charge in [0.15, 0.2) is 8.32 Å². The zero-order chi connectivity index (χ0) is 21.8. The van der Waals surface area contributed by atoms with E-state index in [1.807, 2.05) is 20.8 Å². The number of carbonyl (C=O) groups is 2. The number of carbonyl (C=O) groups excluding carboxylic acids is 2. The second-order valence-electron chi connectivity index (χ2n) is 9.84. The molecule has 0 saturated carbocycles. The summed E-state index contributed by atoms with van der Waals surface area (Å²) in [4.78, 5) is 25.9. The summed E-state index contributed by atoms with van der Waals surface area (Å²) in [5, 5.41) is 0.0856. The highest BCUT2D eigenvalue weighted by atomic mass is 28.4. The normalized spacial score (nSPS) is 21.0. The largest absolute Gasteiger partial charge is 0.464 e. The molecule has 2 unspecified atom stereocenters. The Hall–Kier alpha value is -1.12. The highest BCUT2D eigenvalue weighted by molar-refractivity contribution is 6.74. The van der Waals surface area contributed by atoms with E-state index in [0.29, 0.717) is 19.6 Å². The van der Waals surface area contributed by atoms with E-state index in [-0.39, 0.29) is 36.5 Å². The number of hydrogen-bond acceptors (Lipinski definition) is 6. The maximum atomic E-state index is 12.7. The molecule has 1 heterocycles. The minimum Gasteiger partial charge on any atom is -0.464 e. The summed E-state index contributed by atoms with van der Waals surface area (Å²) in [7, 11) is -1.96. The third kappa shape index (κ3) is 7.71. The molecule has 1 fully saturated rings. The third-order valence-electron chi connectivity index (χ3n) is 5.11. The van der Waals surface area contributed by atoms with Gasteiger partial charge < -0.3 is 23.5 Å². The van der Waals surface area contributed by atoms with E-state index in [0.717, 1.165) is 0 Å². The molecule has 0 aromatic rings. The van der Waals surface area contributed by atoms with Gasteiger partial charge in [-0.3, -0.25) is 0 Å². The number of likely N-dealkylation sites (tertiary alicyclic amines) is 1. The molecule has 0 spiro atoms. The highest BCUT2D eigenvalue weighted by Gasteiger charge is 2.44. The fourth-order valence-electron chi connectivity index (χ4n) is 2.74. The van der Waals surface area contributed by atoms with Gasteiger partial charge in [-0.2, -0.15) is 0 Å². The van der Waals surface area contributed by atoms with Crippen LogP contribution in [0.15, 0.2) is 0 Å². The van der Waals surface area contributed by atoms with E-state index in [1.165, 1.54) is 0 Å². The standard InChI is InChI=1S/C20H39NO6Si/c1-10-25-17(22)14-24-13-15-11-16(27-28(8,9)20(5,6)7)12-21(15)18(23)26-19(2,3)4/h15-16H,10-14H2,1-9H3. The van der Waals surface area contributed by atoms with Gasteiger partial charge >= 0.3 is 12.1 Å². The van der Waals surface area contributed by atoms with Crippen molar-refractivity contribution in [1.82, 2.24) is 4.90 Å². The monoisotopic (exact) mass is 417 g/mol. The van der Waals surface area contributed by atoms with Gasteiger partial charge in [0.25, 0.3) is 0 Å². The van der Waals surface area contributed by atoms with Crippen LogP contribution in [-0.4, -0.2) is 69.4 Å². The molecular weight excluding hydrogens is 378 g/mol. The SMILES string of the molecule is CCOC(=O)COCC1CC(O[Si](C)(C)C(C)(C)C)CN1C(=O)OC(C)(C)C. The molecule has 164 valence electrons. The molecule has 0 aromatic carbocycles. The van der Waals surface area contributed by atoms with Crippen LogP contribution >= 0.6 is 0 Å². The van der Waals surface area contributed by atoms with E-state index < -0.39 is 19.9 Å². The van der Waals surface area contributed by atoms with Crippen molar-refractivity contribution in [2.75, 3.05) is 26.4 Å². The van der Waals surface area contributed by atoms with Crippen molar-refractivity contribution in [3.8, 4) is 0 Å². The lowest BCUT2D eigenvalue weighted by Gasteiger charge is -2.38. The first kappa shape index (κ1) is 24.9. The summed E-state index contributed by atoms with van der Waals surface area (Å²) >= 11 is 0. The first-order valence-electron chi connectivity index (χ1n) is 10.1. The van der Waals surface area contributed by atoms with Gasteiger partial charge in [0.2, 0.25) is 0 Å². The summed E-state index contributed by atoms with van der Waals surface area (Å²) in [6.45, 7) is 19.2. The van der Waals surface area contributed by atoms with Crippen molar-refractivity contribution < 1.29 is 28.2 Å². The molecule has 0 bridgehead atoms. The minimum atomic E-state index is -1.96. The molecule has 1 aliphatic rings. The van der Waals surface area contributed by atoms with E-state index in [2.05, 4.69) is 33.9 Å². The number of nitrogens with zero attached hydrogens (tertiary/aromatic N) is 1. The van der Waals surface area contributed by atoms with Gasteiger partial charge in [-0.25, -0.2) is 9.59 Å². The van der Waals surface area contributed by atoms with Crippen molar-refractivity contribution >= 4 is 20.4 Å². The summed E-state index contributed by atoms with van der Waals surface area (Å²) in [6, 6.07) is -0.195. The number of esters is 1. The first-order valence-corrected chi connectivity index (χ1v) is 13.0. The maximum Gasteiger partial charge on any atom is 0.410 e. The molecule has 2 atom stereocenters. The van der Waals surface area contributed by atoms with Crippen LogP contribution in [-0.2, 0) is 23.4 Å². The molecular formula is C20H39NO6Si. The predicted molar refractivity (Wildman–Crippen MR) is 111 cm³/mol. The van der Waals surface area contributed by atoms with Crippen LogP contribution in [0.5, 0.6) is 0 Å². The molecule has 28 heavy (non-hydrogen) atoms. The Bertz CT molecular complexity index is 538. The lowest BCUT2D eigenvalue weighted by Crippen LogP contribution is -2.45. The van der Waals surface area contributed by atoms with Crippen molar-refractivity contribution in [2.45, 2.75) is 90.8 Å². The Labute approximate surface area is 171 Å². The fraction of sp³-hybridized carbons (Fsp3) is 0.900. The van der Waals surface area contributed by atoms with Gasteiger partial charge in [-0.05, 0) is 52.2 Å². The van der Waals surface area contributed by atoms with Crippen LogP contribution in [0.3, 0.4) is 0 Å². The first-order chi connectivity index (χ1) is 12.7. The van der Waals surface area contributed by atoms with Crippen molar-refractivity contribution in [2.24, 2.45) is 0 Å². The lowest BCUT2D eigenvalue weighted by atomic mass is 10.2. The van der Waals surface area contributed by atoms with Gasteiger partial charge in [-0.1, -0.05) is 20.8 Å². The molecule has 1 saturated heterocycles. The van der Waals surface area contributed by atoms with E-state index >= 15 is 0 Å². The Balaban J connectivity index is 2.80. The van der Waals surface area contributed by atoms with Crippen LogP contribution < -0.4 is 0 Å². The van der Waals surface area contributed by atoms with Crippen LogP contribution in [0, 0.1) is 0 Å². The van der Waals surface area contributed by atoms with Crippen LogP contribution in [0.25, 0.3) is 0 Å². The highest BCUT2D eigenvalue weighted by Crippen LogP contribution is 2.39. The summed E-state index contributed by atoms with van der Waals surface area (Å²) in [5.74, 6) is -0.404. The van der Waals surface area contributed by atoms with Crippen molar-refractivity contribution in [3.63, 3.8) is 0 Å². The Kier molecular flexibility index (Phi) is 8.53. The number of hydrogen-bond donors (Lipinski definition) is 0. The molecule has 0 N–H and O–H groups in total. The summed E-state index contributed by atoms with van der Waals surface area (Å²) in [6.07, 6.45) is 0.220. The third-order valence-corrected chi connectivity index (χ3v) is 9.64. The molecule has 1 rings (SSSR count). The second-order valence-corrected chi connectivity index (χ2v) is 14.6. The van der Waals surface area contributed by atoms with Gasteiger partial charge in [-0.15, -0.1) is 0 Å². The number of amides is 1. The van der Waals surface area contributed by atoms with Crippen LogP contribution in [0.4, 0.5) is 4.79 Å². The summed E-state index contributed by atoms with van der Waals surface area (Å²) < 4.78 is 22.5. The second kappa shape index (κ2) is 9.58. The Morgan fingerprint density at radius 1 is 1.11 bits per heavy atom. The van der Waals surface area contributed by atoms with E-state index in [1.54, 1.807) is 11.8 Å². The maximum absolute atomic E-state index is 12.7.